The van der Waals surface area contributed by atoms with Crippen LogP contribution in [-0.2, 0) is 25.1 Å². The van der Waals surface area contributed by atoms with Gasteiger partial charge in [0.15, 0.2) is 0 Å². The predicted octanol–water partition coefficient (Wildman–Crippen LogP) is 0.261. The Hall–Kier alpha value is -0.460. The molecule has 0 spiro atoms. The molecule has 1 N–H and O–H groups in total. The number of rotatable bonds is 9. The molecule has 0 fully saturated rings. The molecular formula is C9H18O5S. The fraction of sp³-hybridized carbons (Fsp3) is 0.889. The second kappa shape index (κ2) is 8.82. The molecule has 0 saturated heterocycles. The van der Waals surface area contributed by atoms with E-state index >= 15 is 0 Å². The third-order valence-electron chi connectivity index (χ3n) is 1.81. The van der Waals surface area contributed by atoms with Crippen molar-refractivity contribution < 1.29 is 23.6 Å². The summed E-state index contributed by atoms with van der Waals surface area (Å²) >= 11 is 0. The number of hydrogen-bond donors (Lipinski definition) is 1. The molecule has 0 amide bonds. The van der Waals surface area contributed by atoms with Crippen molar-refractivity contribution >= 4 is 16.8 Å². The largest absolute Gasteiger partial charge is 0.480 e. The van der Waals surface area contributed by atoms with Crippen LogP contribution < -0.4 is 0 Å². The molecule has 5 nitrogen and oxygen atoms in total. The van der Waals surface area contributed by atoms with Gasteiger partial charge in [-0.2, -0.15) is 0 Å². The highest BCUT2D eigenvalue weighted by molar-refractivity contribution is 7.86. The number of carboxylic acids is 1. The zero-order chi connectivity index (χ0) is 11.7. The van der Waals surface area contributed by atoms with Gasteiger partial charge < -0.3 is 14.6 Å². The van der Waals surface area contributed by atoms with Gasteiger partial charge in [0.25, 0.3) is 0 Å². The van der Waals surface area contributed by atoms with Gasteiger partial charge in [0.05, 0.1) is 13.2 Å². The van der Waals surface area contributed by atoms with Gasteiger partial charge in [-0.05, 0) is 13.3 Å². The van der Waals surface area contributed by atoms with Crippen LogP contribution in [0.4, 0.5) is 0 Å². The smallest absolute Gasteiger partial charge is 0.318 e. The highest BCUT2D eigenvalue weighted by Crippen LogP contribution is 1.98. The molecule has 0 aromatic rings. The number of methoxy groups -OCH3 is 1. The van der Waals surface area contributed by atoms with E-state index < -0.39 is 22.0 Å². The summed E-state index contributed by atoms with van der Waals surface area (Å²) in [6.07, 6.45) is 0.605. The molecule has 2 atom stereocenters. The minimum atomic E-state index is -1.31. The van der Waals surface area contributed by atoms with E-state index in [4.69, 9.17) is 14.6 Å². The molecule has 0 aromatic heterocycles. The Labute approximate surface area is 92.2 Å². The maximum Gasteiger partial charge on any atom is 0.318 e. The van der Waals surface area contributed by atoms with Gasteiger partial charge >= 0.3 is 5.97 Å². The number of ether oxygens (including phenoxy) is 2. The van der Waals surface area contributed by atoms with Crippen molar-refractivity contribution in [3.8, 4) is 0 Å². The lowest BCUT2D eigenvalue weighted by atomic mass is 10.5. The van der Waals surface area contributed by atoms with Gasteiger partial charge in [0.2, 0.25) is 0 Å². The Balaban J connectivity index is 3.43. The first-order valence-electron chi connectivity index (χ1n) is 4.76. The Bertz CT molecular complexity index is 207. The summed E-state index contributed by atoms with van der Waals surface area (Å²) in [6.45, 7) is 2.98. The van der Waals surface area contributed by atoms with Crippen molar-refractivity contribution in [2.24, 2.45) is 0 Å². The molecule has 15 heavy (non-hydrogen) atoms. The van der Waals surface area contributed by atoms with Crippen molar-refractivity contribution in [2.45, 2.75) is 18.6 Å². The lowest BCUT2D eigenvalue weighted by molar-refractivity contribution is -0.136. The normalized spacial score (nSPS) is 14.8. The minimum Gasteiger partial charge on any atom is -0.480 e. The summed E-state index contributed by atoms with van der Waals surface area (Å²) in [5.41, 5.74) is 0. The average Bonchev–Trinajstić information content (AvgIpc) is 2.21. The molecule has 0 aromatic carbocycles. The van der Waals surface area contributed by atoms with Gasteiger partial charge in [-0.15, -0.1) is 0 Å². The van der Waals surface area contributed by atoms with Crippen molar-refractivity contribution in [1.29, 1.82) is 0 Å². The summed E-state index contributed by atoms with van der Waals surface area (Å²) < 4.78 is 21.3. The van der Waals surface area contributed by atoms with E-state index in [0.29, 0.717) is 32.0 Å². The fourth-order valence-electron chi connectivity index (χ4n) is 0.837. The second-order valence-corrected chi connectivity index (χ2v) is 4.90. The summed E-state index contributed by atoms with van der Waals surface area (Å²) in [5.74, 6) is -0.658. The number of carboxylic acid groups (broad SMARTS) is 1. The SMILES string of the molecule is COCCOCCCS(=O)C(C)C(=O)O. The zero-order valence-corrected chi connectivity index (χ0v) is 9.92. The Morgan fingerprint density at radius 1 is 1.40 bits per heavy atom. The minimum absolute atomic E-state index is 0.362. The van der Waals surface area contributed by atoms with Crippen LogP contribution in [0, 0.1) is 0 Å². The van der Waals surface area contributed by atoms with Gasteiger partial charge in [-0.25, -0.2) is 0 Å². The maximum absolute atomic E-state index is 11.3. The summed E-state index contributed by atoms with van der Waals surface area (Å²) in [6, 6.07) is 0. The van der Waals surface area contributed by atoms with E-state index in [9.17, 15) is 9.00 Å². The maximum atomic E-state index is 11.3. The van der Waals surface area contributed by atoms with Crippen molar-refractivity contribution in [3.05, 3.63) is 0 Å². The van der Waals surface area contributed by atoms with E-state index in [0.717, 1.165) is 0 Å². The van der Waals surface area contributed by atoms with Gasteiger partial charge in [0.1, 0.15) is 5.25 Å². The first kappa shape index (κ1) is 14.5. The standard InChI is InChI=1S/C9H18O5S/c1-8(9(10)11)15(12)7-3-4-14-6-5-13-2/h8H,3-7H2,1-2H3,(H,10,11). The molecule has 0 aliphatic carbocycles. The molecule has 0 aliphatic rings. The first-order chi connectivity index (χ1) is 7.09. The molecule has 0 saturated carbocycles. The predicted molar refractivity (Wildman–Crippen MR) is 57.4 cm³/mol. The molecule has 0 rings (SSSR count). The van der Waals surface area contributed by atoms with Crippen LogP contribution in [0.25, 0.3) is 0 Å². The van der Waals surface area contributed by atoms with E-state index in [1.54, 1.807) is 7.11 Å². The third-order valence-corrected chi connectivity index (χ3v) is 3.49. The Morgan fingerprint density at radius 2 is 2.07 bits per heavy atom. The number of hydrogen-bond acceptors (Lipinski definition) is 4. The van der Waals surface area contributed by atoms with E-state index in [1.807, 2.05) is 0 Å². The van der Waals surface area contributed by atoms with Crippen molar-refractivity contribution in [2.75, 3.05) is 32.7 Å². The Kier molecular flexibility index (Phi) is 8.55. The topological polar surface area (TPSA) is 72.8 Å². The second-order valence-electron chi connectivity index (χ2n) is 3.02. The molecule has 0 radical (unpaired) electrons. The average molecular weight is 238 g/mol. The molecular weight excluding hydrogens is 220 g/mol. The molecule has 6 heteroatoms. The third kappa shape index (κ3) is 7.47. The van der Waals surface area contributed by atoms with Crippen LogP contribution in [0.5, 0.6) is 0 Å². The highest BCUT2D eigenvalue weighted by atomic mass is 32.2. The fourth-order valence-corrected chi connectivity index (χ4v) is 1.82. The van der Waals surface area contributed by atoms with Gasteiger partial charge in [-0.3, -0.25) is 9.00 Å². The molecule has 0 heterocycles. The summed E-state index contributed by atoms with van der Waals surface area (Å²) in [4.78, 5) is 10.5. The van der Waals surface area contributed by atoms with Crippen molar-refractivity contribution in [3.63, 3.8) is 0 Å². The van der Waals surface area contributed by atoms with Crippen LogP contribution in [0.3, 0.4) is 0 Å². The summed E-state index contributed by atoms with van der Waals surface area (Å²) in [7, 11) is 0.277. The first-order valence-corrected chi connectivity index (χ1v) is 6.14. The lowest BCUT2D eigenvalue weighted by Crippen LogP contribution is -2.24. The lowest BCUT2D eigenvalue weighted by Gasteiger charge is -2.06. The van der Waals surface area contributed by atoms with Crippen LogP contribution in [0.2, 0.25) is 0 Å². The number of carbonyl (C=O) groups is 1. The number of aliphatic carboxylic acids is 1. The van der Waals surface area contributed by atoms with Gasteiger partial charge in [-0.1, -0.05) is 0 Å². The van der Waals surface area contributed by atoms with E-state index in [-0.39, 0.29) is 0 Å². The highest BCUT2D eigenvalue weighted by Gasteiger charge is 2.17. The van der Waals surface area contributed by atoms with E-state index in [1.165, 1.54) is 6.92 Å². The summed E-state index contributed by atoms with van der Waals surface area (Å²) in [5, 5.41) is 7.78. The van der Waals surface area contributed by atoms with Crippen LogP contribution in [0.15, 0.2) is 0 Å². The molecule has 2 unspecified atom stereocenters. The van der Waals surface area contributed by atoms with Crippen LogP contribution in [-0.4, -0.2) is 53.2 Å². The van der Waals surface area contributed by atoms with Crippen LogP contribution >= 0.6 is 0 Å². The van der Waals surface area contributed by atoms with E-state index in [2.05, 4.69) is 0 Å². The van der Waals surface area contributed by atoms with Crippen molar-refractivity contribution in [1.82, 2.24) is 0 Å². The quantitative estimate of drug-likeness (QED) is 0.583. The molecule has 0 aliphatic heterocycles. The molecule has 0 bridgehead atoms. The van der Waals surface area contributed by atoms with Crippen LogP contribution in [0.1, 0.15) is 13.3 Å². The zero-order valence-electron chi connectivity index (χ0n) is 9.10. The Morgan fingerprint density at radius 3 is 2.60 bits per heavy atom. The monoisotopic (exact) mass is 238 g/mol. The van der Waals surface area contributed by atoms with Gasteiger partial charge in [0, 0.05) is 30.3 Å². The molecule has 90 valence electrons.